The van der Waals surface area contributed by atoms with E-state index in [1.54, 1.807) is 13.8 Å². The van der Waals surface area contributed by atoms with Crippen molar-refractivity contribution in [1.29, 1.82) is 0 Å². The minimum absolute atomic E-state index is 0.236. The molecule has 2 N–H and O–H groups in total. The van der Waals surface area contributed by atoms with Crippen LogP contribution in [0.3, 0.4) is 0 Å². The summed E-state index contributed by atoms with van der Waals surface area (Å²) in [6.45, 7) is 7.96. The number of carbonyl (C=O) groups is 1. The molecule has 5 aliphatic rings. The molecule has 2 aliphatic carbocycles. The highest BCUT2D eigenvalue weighted by Gasteiger charge is 2.94. The van der Waals surface area contributed by atoms with Crippen molar-refractivity contribution in [1.82, 2.24) is 0 Å². The summed E-state index contributed by atoms with van der Waals surface area (Å²) in [4.78, 5) is 12.4. The first-order valence-corrected chi connectivity index (χ1v) is 7.36. The van der Waals surface area contributed by atoms with Crippen LogP contribution in [-0.2, 0) is 19.0 Å². The zero-order valence-electron chi connectivity index (χ0n) is 11.9. The molecule has 6 nitrogen and oxygen atoms in total. The minimum Gasteiger partial charge on any atom is -0.459 e. The van der Waals surface area contributed by atoms with Gasteiger partial charge in [-0.15, -0.1) is 0 Å². The van der Waals surface area contributed by atoms with Crippen molar-refractivity contribution in [2.45, 2.75) is 49.5 Å². The first-order valence-electron chi connectivity index (χ1n) is 7.36. The van der Waals surface area contributed by atoms with E-state index < -0.39 is 46.8 Å². The molecule has 0 unspecified atom stereocenters. The minimum atomic E-state index is -1.47. The van der Waals surface area contributed by atoms with Crippen LogP contribution in [0.2, 0.25) is 0 Å². The molecular weight excluding hydrogens is 276 g/mol. The molecule has 3 saturated heterocycles. The largest absolute Gasteiger partial charge is 0.459 e. The van der Waals surface area contributed by atoms with Crippen LogP contribution in [0.5, 0.6) is 0 Å². The van der Waals surface area contributed by atoms with Crippen molar-refractivity contribution >= 4 is 5.97 Å². The van der Waals surface area contributed by atoms with Crippen LogP contribution in [0.15, 0.2) is 12.2 Å². The molecule has 114 valence electrons. The van der Waals surface area contributed by atoms with E-state index in [0.717, 1.165) is 5.57 Å². The van der Waals surface area contributed by atoms with Crippen LogP contribution in [0.1, 0.15) is 13.8 Å². The molecule has 21 heavy (non-hydrogen) atoms. The Morgan fingerprint density at radius 1 is 1.43 bits per heavy atom. The van der Waals surface area contributed by atoms with Gasteiger partial charge in [0, 0.05) is 5.92 Å². The van der Waals surface area contributed by atoms with E-state index in [2.05, 4.69) is 6.58 Å². The number of aliphatic hydroxyl groups excluding tert-OH is 1. The number of aliphatic hydroxyl groups is 2. The zero-order chi connectivity index (χ0) is 14.9. The van der Waals surface area contributed by atoms with Crippen molar-refractivity contribution in [3.05, 3.63) is 12.2 Å². The number of epoxide rings is 2. The fraction of sp³-hybridized carbons (Fsp3) is 0.800. The monoisotopic (exact) mass is 294 g/mol. The van der Waals surface area contributed by atoms with Crippen LogP contribution in [0.4, 0.5) is 0 Å². The van der Waals surface area contributed by atoms with E-state index in [1.807, 2.05) is 0 Å². The third-order valence-electron chi connectivity index (χ3n) is 6.72. The normalized spacial score (nSPS) is 65.8. The number of ether oxygens (including phenoxy) is 3. The van der Waals surface area contributed by atoms with Gasteiger partial charge in [-0.05, 0) is 6.92 Å². The number of fused-ring (bicyclic) bond motifs is 8. The molecule has 0 aromatic rings. The molecule has 2 saturated carbocycles. The molecule has 6 heteroatoms. The van der Waals surface area contributed by atoms with Gasteiger partial charge >= 0.3 is 5.97 Å². The average molecular weight is 294 g/mol. The van der Waals surface area contributed by atoms with Crippen molar-refractivity contribution in [2.75, 3.05) is 6.61 Å². The fourth-order valence-electron chi connectivity index (χ4n) is 5.49. The van der Waals surface area contributed by atoms with Gasteiger partial charge in [-0.3, -0.25) is 4.79 Å². The van der Waals surface area contributed by atoms with E-state index >= 15 is 0 Å². The lowest BCUT2D eigenvalue weighted by Crippen LogP contribution is -2.70. The van der Waals surface area contributed by atoms with Gasteiger partial charge in [-0.25, -0.2) is 0 Å². The van der Waals surface area contributed by atoms with E-state index in [9.17, 15) is 15.0 Å². The van der Waals surface area contributed by atoms with Crippen LogP contribution in [0.25, 0.3) is 0 Å². The first kappa shape index (κ1) is 12.6. The van der Waals surface area contributed by atoms with Gasteiger partial charge in [0.1, 0.15) is 35.6 Å². The Kier molecular flexibility index (Phi) is 1.83. The van der Waals surface area contributed by atoms with Crippen LogP contribution in [-0.4, -0.2) is 58.4 Å². The second-order valence-corrected chi connectivity index (χ2v) is 7.38. The summed E-state index contributed by atoms with van der Waals surface area (Å²) in [6.07, 6.45) is -2.37. The number of rotatable bonds is 1. The van der Waals surface area contributed by atoms with E-state index in [0.29, 0.717) is 6.61 Å². The van der Waals surface area contributed by atoms with Crippen LogP contribution < -0.4 is 0 Å². The highest BCUT2D eigenvalue weighted by molar-refractivity contribution is 5.80. The van der Waals surface area contributed by atoms with E-state index in [-0.39, 0.29) is 12.0 Å². The Balaban J connectivity index is 1.76. The standard InChI is InChI=1S/C15H18O6/c1-5(2)6-7-12(17)20-8(6)9(16)13(3)14(4-19-14)10-11(21-10)15(7,13)18/h6-11,16,18H,1,4H2,2-3H3/t6-,7+,8-,9+,10+,11-,13-,14+,15-/m0/s1. The first-order chi connectivity index (χ1) is 9.80. The second-order valence-electron chi connectivity index (χ2n) is 7.38. The molecule has 5 rings (SSSR count). The van der Waals surface area contributed by atoms with Gasteiger partial charge in [0.05, 0.1) is 17.9 Å². The van der Waals surface area contributed by atoms with Gasteiger partial charge in [0.15, 0.2) is 0 Å². The summed E-state index contributed by atoms with van der Waals surface area (Å²) in [5.41, 5.74) is -2.38. The Morgan fingerprint density at radius 2 is 2.10 bits per heavy atom. The number of hydrogen-bond donors (Lipinski definition) is 2. The molecule has 0 aromatic heterocycles. The van der Waals surface area contributed by atoms with Crippen molar-refractivity contribution in [3.63, 3.8) is 0 Å². The Bertz CT molecular complexity index is 597. The molecule has 3 aliphatic heterocycles. The lowest BCUT2D eigenvalue weighted by molar-refractivity contribution is -0.232. The Morgan fingerprint density at radius 3 is 2.67 bits per heavy atom. The number of esters is 1. The Hall–Kier alpha value is -0.950. The molecule has 0 aromatic carbocycles. The molecule has 3 heterocycles. The molecule has 0 radical (unpaired) electrons. The SMILES string of the molecule is C=C(C)[C@@H]1[C@@H]2OC(=O)[C@@H]1[C@]1(O)[C@H]3O[C@H]3[C@]3(CO3)[C@]1(C)[C@@H]2O. The quantitative estimate of drug-likeness (QED) is 0.380. The molecule has 1 spiro atoms. The zero-order valence-corrected chi connectivity index (χ0v) is 11.9. The maximum atomic E-state index is 12.4. The van der Waals surface area contributed by atoms with Crippen LogP contribution in [0, 0.1) is 17.3 Å². The summed E-state index contributed by atoms with van der Waals surface area (Å²) < 4.78 is 16.7. The Labute approximate surface area is 121 Å². The summed E-state index contributed by atoms with van der Waals surface area (Å²) in [5.74, 6) is -1.60. The van der Waals surface area contributed by atoms with E-state index in [4.69, 9.17) is 14.2 Å². The highest BCUT2D eigenvalue weighted by atomic mass is 16.7. The maximum Gasteiger partial charge on any atom is 0.313 e. The van der Waals surface area contributed by atoms with Crippen molar-refractivity contribution in [3.8, 4) is 0 Å². The lowest BCUT2D eigenvalue weighted by atomic mass is 9.52. The predicted octanol–water partition coefficient (Wildman–Crippen LogP) is -0.618. The summed E-state index contributed by atoms with van der Waals surface area (Å²) in [6, 6.07) is 0. The summed E-state index contributed by atoms with van der Waals surface area (Å²) >= 11 is 0. The molecule has 9 atom stereocenters. The molecular formula is C15H18O6. The molecule has 5 fully saturated rings. The van der Waals surface area contributed by atoms with Gasteiger partial charge in [-0.1, -0.05) is 19.1 Å². The van der Waals surface area contributed by atoms with Gasteiger partial charge in [0.25, 0.3) is 0 Å². The van der Waals surface area contributed by atoms with Gasteiger partial charge < -0.3 is 24.4 Å². The lowest BCUT2D eigenvalue weighted by Gasteiger charge is -2.54. The predicted molar refractivity (Wildman–Crippen MR) is 68.1 cm³/mol. The van der Waals surface area contributed by atoms with Crippen molar-refractivity contribution < 1.29 is 29.2 Å². The fourth-order valence-corrected chi connectivity index (χ4v) is 5.49. The molecule has 2 bridgehead atoms. The highest BCUT2D eigenvalue weighted by Crippen LogP contribution is 2.75. The third-order valence-corrected chi connectivity index (χ3v) is 6.72. The van der Waals surface area contributed by atoms with E-state index in [1.165, 1.54) is 0 Å². The second kappa shape index (κ2) is 3.06. The number of hydrogen-bond acceptors (Lipinski definition) is 6. The van der Waals surface area contributed by atoms with Gasteiger partial charge in [0.2, 0.25) is 0 Å². The molecule has 0 amide bonds. The van der Waals surface area contributed by atoms with Gasteiger partial charge in [-0.2, -0.15) is 0 Å². The smallest absolute Gasteiger partial charge is 0.313 e. The third kappa shape index (κ3) is 0.958. The maximum absolute atomic E-state index is 12.4. The van der Waals surface area contributed by atoms with Crippen LogP contribution >= 0.6 is 0 Å². The summed E-state index contributed by atoms with van der Waals surface area (Å²) in [5, 5.41) is 22.4. The summed E-state index contributed by atoms with van der Waals surface area (Å²) in [7, 11) is 0. The average Bonchev–Trinajstić information content (AvgIpc) is 3.27. The topological polar surface area (TPSA) is 91.8 Å². The number of carbonyl (C=O) groups excluding carboxylic acids is 1. The van der Waals surface area contributed by atoms with Crippen molar-refractivity contribution in [2.24, 2.45) is 17.3 Å².